The standard InChI is InChI=1S/C62H57N7O15/c1-39(51(78-36-41-27-31-47(77-4)32-28-41)48-35-63-55-50(65-48)56(70)68(62(66-55)64-38-67(2)3)34-33-40-25-29-46(30-26-40)69(75)76)80-61-54(84-60(74)45-23-15-8-16-24-45)53(83-59(73)44-21-13-7-14-22-44)52(82-58(72)43-19-11-6-12-20-43)49(81-61)37-79-57(71)42-17-9-5-10-18-42/h5-32,35,38-39,49,51-54,61H,33-34,36-37H2,1-4H3/b64-38+/t39-,49+,51+,52+,53-,54-,61-/m0/s1. The third-order valence-corrected chi connectivity index (χ3v) is 13.2. The van der Waals surface area contributed by atoms with E-state index >= 15 is 0 Å². The van der Waals surface area contributed by atoms with Gasteiger partial charge in [-0.1, -0.05) is 97.1 Å². The average molecular weight is 1140 g/mol. The lowest BCUT2D eigenvalue weighted by Gasteiger charge is -2.45. The summed E-state index contributed by atoms with van der Waals surface area (Å²) in [4.78, 5) is 102. The zero-order chi connectivity index (χ0) is 59.1. The summed E-state index contributed by atoms with van der Waals surface area (Å²) in [6.45, 7) is 0.929. The minimum absolute atomic E-state index is 0.0129. The second-order valence-corrected chi connectivity index (χ2v) is 19.4. The number of nitro groups is 1. The summed E-state index contributed by atoms with van der Waals surface area (Å²) in [5.41, 5.74) is 0.958. The number of aliphatic imine (C=N–C) groups is 1. The minimum Gasteiger partial charge on any atom is -0.497 e. The minimum atomic E-state index is -1.76. The van der Waals surface area contributed by atoms with Crippen LogP contribution in [0.1, 0.15) is 71.3 Å². The molecule has 1 fully saturated rings. The molecule has 1 saturated heterocycles. The Kier molecular flexibility index (Phi) is 19.3. The van der Waals surface area contributed by atoms with Gasteiger partial charge in [0.15, 0.2) is 35.8 Å². The highest BCUT2D eigenvalue weighted by atomic mass is 16.7. The molecule has 0 N–H and O–H groups in total. The van der Waals surface area contributed by atoms with E-state index in [-0.39, 0.29) is 70.3 Å². The van der Waals surface area contributed by atoms with E-state index in [1.807, 2.05) is 0 Å². The number of methoxy groups -OCH3 is 1. The SMILES string of the molecule is COc1ccc(CO[C@@H](c2cnc3nc(/N=C/N(C)C)n(CCc4ccc([N+](=O)[O-])cc4)c(=O)c3n2)[C@H](C)O[C@H]2O[C@H](COC(=O)c3ccccc3)[C@@H](OC(=O)c3ccccc3)[C@H](OC(=O)c3ccccc3)[C@@H]2OC(=O)c2ccccc2)cc1. The van der Waals surface area contributed by atoms with Crippen LogP contribution in [-0.4, -0.2) is 124 Å². The fourth-order valence-electron chi connectivity index (χ4n) is 8.91. The largest absolute Gasteiger partial charge is 0.497 e. The molecule has 0 spiro atoms. The quantitative estimate of drug-likeness (QED) is 0.0145. The molecule has 0 aliphatic carbocycles. The average Bonchev–Trinajstić information content (AvgIpc) is 2.95. The van der Waals surface area contributed by atoms with Gasteiger partial charge in [-0.25, -0.2) is 34.1 Å². The Balaban J connectivity index is 1.14. The number of aryl methyl sites for hydroxylation is 1. The molecule has 22 heteroatoms. The molecule has 430 valence electrons. The van der Waals surface area contributed by atoms with Crippen molar-refractivity contribution in [3.8, 4) is 5.75 Å². The van der Waals surface area contributed by atoms with E-state index in [4.69, 9.17) is 42.9 Å². The van der Waals surface area contributed by atoms with Gasteiger partial charge in [-0.2, -0.15) is 4.98 Å². The first-order valence-electron chi connectivity index (χ1n) is 26.5. The lowest BCUT2D eigenvalue weighted by Crippen LogP contribution is -2.63. The van der Waals surface area contributed by atoms with E-state index in [0.29, 0.717) is 16.9 Å². The van der Waals surface area contributed by atoms with Crippen molar-refractivity contribution >= 4 is 53.0 Å². The fourth-order valence-corrected chi connectivity index (χ4v) is 8.91. The summed E-state index contributed by atoms with van der Waals surface area (Å²) in [5, 5.41) is 11.4. The van der Waals surface area contributed by atoms with Crippen molar-refractivity contribution in [3.63, 3.8) is 0 Å². The molecule has 0 bridgehead atoms. The molecule has 22 nitrogen and oxygen atoms in total. The number of hydrogen-bond donors (Lipinski definition) is 0. The van der Waals surface area contributed by atoms with Crippen LogP contribution in [0.25, 0.3) is 11.2 Å². The lowest BCUT2D eigenvalue weighted by molar-refractivity contribution is -0.384. The molecule has 0 amide bonds. The van der Waals surface area contributed by atoms with Crippen LogP contribution in [0.5, 0.6) is 5.75 Å². The van der Waals surface area contributed by atoms with Crippen molar-refractivity contribution in [2.45, 2.75) is 69.4 Å². The van der Waals surface area contributed by atoms with Gasteiger partial charge in [-0.05, 0) is 85.1 Å². The summed E-state index contributed by atoms with van der Waals surface area (Å²) < 4.78 is 51.6. The Labute approximate surface area is 481 Å². The van der Waals surface area contributed by atoms with Gasteiger partial charge in [-0.3, -0.25) is 19.5 Å². The van der Waals surface area contributed by atoms with Gasteiger partial charge < -0.3 is 42.8 Å². The zero-order valence-electron chi connectivity index (χ0n) is 45.9. The molecule has 2 aromatic heterocycles. The predicted molar refractivity (Wildman–Crippen MR) is 304 cm³/mol. The molecule has 0 unspecified atom stereocenters. The summed E-state index contributed by atoms with van der Waals surface area (Å²) in [7, 11) is 5.03. The molecule has 0 radical (unpaired) electrons. The third kappa shape index (κ3) is 14.7. The maximum absolute atomic E-state index is 14.8. The molecule has 3 heterocycles. The number of benzene rings is 6. The van der Waals surface area contributed by atoms with Crippen molar-refractivity contribution in [3.05, 3.63) is 236 Å². The number of carbonyl (C=O) groups excluding carboxylic acids is 4. The van der Waals surface area contributed by atoms with Crippen LogP contribution in [0.15, 0.2) is 186 Å². The van der Waals surface area contributed by atoms with Gasteiger partial charge in [0.2, 0.25) is 5.95 Å². The van der Waals surface area contributed by atoms with Crippen LogP contribution < -0.4 is 10.3 Å². The third-order valence-electron chi connectivity index (χ3n) is 13.2. The van der Waals surface area contributed by atoms with Crippen LogP contribution in [-0.2, 0) is 52.7 Å². The van der Waals surface area contributed by atoms with Crippen molar-refractivity contribution in [1.82, 2.24) is 24.4 Å². The number of ether oxygens (including phenoxy) is 8. The van der Waals surface area contributed by atoms with E-state index in [0.717, 1.165) is 0 Å². The molecular weight excluding hydrogens is 1080 g/mol. The number of nitro benzene ring substituents is 1. The van der Waals surface area contributed by atoms with Crippen LogP contribution in [0.4, 0.5) is 11.6 Å². The Bertz CT molecular complexity index is 3650. The van der Waals surface area contributed by atoms with E-state index in [1.54, 1.807) is 147 Å². The molecule has 84 heavy (non-hydrogen) atoms. The van der Waals surface area contributed by atoms with Crippen molar-refractivity contribution in [2.24, 2.45) is 4.99 Å². The molecule has 7 atom stereocenters. The number of fused-ring (bicyclic) bond motifs is 1. The predicted octanol–water partition coefficient (Wildman–Crippen LogP) is 8.49. The van der Waals surface area contributed by atoms with E-state index in [9.17, 15) is 34.1 Å². The first-order chi connectivity index (χ1) is 40.7. The maximum Gasteiger partial charge on any atom is 0.338 e. The van der Waals surface area contributed by atoms with Gasteiger partial charge >= 0.3 is 23.9 Å². The normalized spacial score (nSPS) is 17.4. The lowest BCUT2D eigenvalue weighted by atomic mass is 9.97. The van der Waals surface area contributed by atoms with Crippen molar-refractivity contribution in [2.75, 3.05) is 27.8 Å². The number of esters is 4. The Morgan fingerprint density at radius 2 is 1.23 bits per heavy atom. The van der Waals surface area contributed by atoms with Gasteiger partial charge in [0.05, 0.1) is 65.2 Å². The Morgan fingerprint density at radius 1 is 0.702 bits per heavy atom. The van der Waals surface area contributed by atoms with Gasteiger partial charge in [0.25, 0.3) is 11.2 Å². The van der Waals surface area contributed by atoms with Crippen LogP contribution >= 0.6 is 0 Å². The molecular formula is C62H57N7O15. The van der Waals surface area contributed by atoms with Crippen LogP contribution in [0.2, 0.25) is 0 Å². The first kappa shape index (κ1) is 58.6. The number of nitrogens with zero attached hydrogens (tertiary/aromatic N) is 7. The van der Waals surface area contributed by atoms with Crippen molar-refractivity contribution in [1.29, 1.82) is 0 Å². The molecule has 6 aromatic carbocycles. The molecule has 1 aliphatic heterocycles. The second kappa shape index (κ2) is 27.6. The fraction of sp³-hybridized carbons (Fsp3) is 0.242. The summed E-state index contributed by atoms with van der Waals surface area (Å²) in [5.74, 6) is -2.88. The number of carbonyl (C=O) groups is 4. The maximum atomic E-state index is 14.8. The molecule has 0 saturated carbocycles. The summed E-state index contributed by atoms with van der Waals surface area (Å²) in [6.07, 6.45) is -7.83. The highest BCUT2D eigenvalue weighted by Gasteiger charge is 2.54. The zero-order valence-corrected chi connectivity index (χ0v) is 45.9. The molecule has 9 rings (SSSR count). The van der Waals surface area contributed by atoms with Crippen LogP contribution in [0.3, 0.4) is 0 Å². The number of non-ortho nitro benzene ring substituents is 1. The van der Waals surface area contributed by atoms with Crippen LogP contribution in [0, 0.1) is 10.1 Å². The highest BCUT2D eigenvalue weighted by Crippen LogP contribution is 2.35. The van der Waals surface area contributed by atoms with E-state index in [1.165, 1.54) is 72.7 Å². The topological polar surface area (TPSA) is 262 Å². The molecule has 8 aromatic rings. The molecule has 1 aliphatic rings. The number of aromatic nitrogens is 4. The first-order valence-corrected chi connectivity index (χ1v) is 26.5. The Hall–Kier alpha value is -10.0. The summed E-state index contributed by atoms with van der Waals surface area (Å²) in [6, 6.07) is 45.0. The van der Waals surface area contributed by atoms with Gasteiger partial charge in [0.1, 0.15) is 24.6 Å². The Morgan fingerprint density at radius 3 is 1.76 bits per heavy atom. The number of rotatable bonds is 23. The smallest absolute Gasteiger partial charge is 0.338 e. The van der Waals surface area contributed by atoms with E-state index < -0.39 is 83.9 Å². The summed E-state index contributed by atoms with van der Waals surface area (Å²) >= 11 is 0. The number of hydrogen-bond acceptors (Lipinski definition) is 19. The second-order valence-electron chi connectivity index (χ2n) is 19.4. The highest BCUT2D eigenvalue weighted by molar-refractivity contribution is 5.91. The van der Waals surface area contributed by atoms with Gasteiger partial charge in [0, 0.05) is 32.8 Å². The van der Waals surface area contributed by atoms with E-state index in [2.05, 4.69) is 15.0 Å². The monoisotopic (exact) mass is 1140 g/mol. The van der Waals surface area contributed by atoms with Gasteiger partial charge in [-0.15, -0.1) is 0 Å². The van der Waals surface area contributed by atoms with Crippen molar-refractivity contribution < 1.29 is 62.0 Å².